The summed E-state index contributed by atoms with van der Waals surface area (Å²) in [5.41, 5.74) is 1.15. The molecule has 1 unspecified atom stereocenters. The van der Waals surface area contributed by atoms with E-state index in [1.54, 1.807) is 19.0 Å². The molecule has 1 fully saturated rings. The number of amides is 2. The fourth-order valence-electron chi connectivity index (χ4n) is 3.78. The van der Waals surface area contributed by atoms with Gasteiger partial charge in [0.25, 0.3) is 0 Å². The summed E-state index contributed by atoms with van der Waals surface area (Å²) in [6.45, 7) is 7.85. The molecule has 31 heavy (non-hydrogen) atoms. The summed E-state index contributed by atoms with van der Waals surface area (Å²) in [4.78, 5) is 32.8. The molecule has 1 aromatic rings. The van der Waals surface area contributed by atoms with Crippen molar-refractivity contribution in [3.63, 3.8) is 0 Å². The van der Waals surface area contributed by atoms with Crippen LogP contribution in [0.5, 0.6) is 0 Å². The number of nitrogens with one attached hydrogen (secondary N) is 2. The number of carbonyl (C=O) groups is 2. The van der Waals surface area contributed by atoms with Gasteiger partial charge in [0.15, 0.2) is 5.96 Å². The van der Waals surface area contributed by atoms with Crippen LogP contribution in [0.15, 0.2) is 35.3 Å². The zero-order chi connectivity index (χ0) is 22.8. The van der Waals surface area contributed by atoms with Crippen molar-refractivity contribution >= 4 is 17.8 Å². The summed E-state index contributed by atoms with van der Waals surface area (Å²) in [6, 6.07) is 10.4. The van der Waals surface area contributed by atoms with Gasteiger partial charge < -0.3 is 20.4 Å². The summed E-state index contributed by atoms with van der Waals surface area (Å²) in [7, 11) is 3.47. The second-order valence-electron chi connectivity index (χ2n) is 8.49. The Morgan fingerprint density at radius 1 is 1.13 bits per heavy atom. The molecule has 1 aromatic carbocycles. The van der Waals surface area contributed by atoms with E-state index in [1.807, 2.05) is 23.1 Å². The fourth-order valence-corrected chi connectivity index (χ4v) is 3.78. The Bertz CT molecular complexity index is 723. The number of likely N-dealkylation sites (N-methyl/N-ethyl adjacent to an activating group) is 1. The number of aliphatic imine (C=N–C) groups is 1. The average molecular weight is 430 g/mol. The molecular weight excluding hydrogens is 390 g/mol. The van der Waals surface area contributed by atoms with E-state index >= 15 is 0 Å². The molecule has 2 rings (SSSR count). The average Bonchev–Trinajstić information content (AvgIpc) is 2.78. The maximum Gasteiger partial charge on any atom is 0.243 e. The minimum atomic E-state index is -0.0425. The monoisotopic (exact) mass is 429 g/mol. The summed E-state index contributed by atoms with van der Waals surface area (Å²) < 4.78 is 0. The molecule has 2 amide bonds. The minimum absolute atomic E-state index is 0.0425. The molecule has 1 aliphatic heterocycles. The highest BCUT2D eigenvalue weighted by Gasteiger charge is 2.27. The zero-order valence-corrected chi connectivity index (χ0v) is 19.7. The van der Waals surface area contributed by atoms with Crippen molar-refractivity contribution in [1.29, 1.82) is 0 Å². The van der Waals surface area contributed by atoms with Gasteiger partial charge in [-0.25, -0.2) is 4.99 Å². The van der Waals surface area contributed by atoms with Gasteiger partial charge in [-0.15, -0.1) is 0 Å². The Morgan fingerprint density at radius 3 is 2.29 bits per heavy atom. The number of piperidine rings is 1. The largest absolute Gasteiger partial charge is 0.354 e. The SMILES string of the molecule is CCC(CC)C(=O)N1CCC(NC(=NCC(=O)N(C)C)NC(C)c2ccccc2)CC1. The number of guanidine groups is 1. The molecule has 0 aromatic heterocycles. The highest BCUT2D eigenvalue weighted by Crippen LogP contribution is 2.18. The van der Waals surface area contributed by atoms with Crippen LogP contribution in [0.2, 0.25) is 0 Å². The zero-order valence-electron chi connectivity index (χ0n) is 19.7. The van der Waals surface area contributed by atoms with Crippen molar-refractivity contribution in [2.75, 3.05) is 33.7 Å². The third-order valence-electron chi connectivity index (χ3n) is 6.01. The van der Waals surface area contributed by atoms with Gasteiger partial charge in [0.05, 0.1) is 6.04 Å². The van der Waals surface area contributed by atoms with Gasteiger partial charge in [0, 0.05) is 39.1 Å². The molecule has 1 aliphatic rings. The maximum atomic E-state index is 12.7. The van der Waals surface area contributed by atoms with E-state index < -0.39 is 0 Å². The van der Waals surface area contributed by atoms with Crippen molar-refractivity contribution in [3.8, 4) is 0 Å². The highest BCUT2D eigenvalue weighted by atomic mass is 16.2. The normalized spacial score (nSPS) is 16.2. The van der Waals surface area contributed by atoms with E-state index in [2.05, 4.69) is 48.5 Å². The van der Waals surface area contributed by atoms with Gasteiger partial charge in [-0.2, -0.15) is 0 Å². The molecule has 7 nitrogen and oxygen atoms in total. The van der Waals surface area contributed by atoms with Crippen LogP contribution in [0, 0.1) is 5.92 Å². The van der Waals surface area contributed by atoms with Crippen LogP contribution in [0.4, 0.5) is 0 Å². The van der Waals surface area contributed by atoms with Crippen molar-refractivity contribution in [2.24, 2.45) is 10.9 Å². The molecule has 1 heterocycles. The van der Waals surface area contributed by atoms with E-state index in [-0.39, 0.29) is 36.4 Å². The molecule has 0 saturated carbocycles. The lowest BCUT2D eigenvalue weighted by molar-refractivity contribution is -0.136. The van der Waals surface area contributed by atoms with Gasteiger partial charge in [-0.05, 0) is 38.2 Å². The standard InChI is InChI=1S/C24H39N5O2/c1-6-19(7-2)23(31)29-15-13-21(14-16-29)27-24(25-17-22(30)28(4)5)26-18(3)20-11-9-8-10-12-20/h8-12,18-19,21H,6-7,13-17H2,1-5H3,(H2,25,26,27). The van der Waals surface area contributed by atoms with Gasteiger partial charge in [0.1, 0.15) is 6.54 Å². The summed E-state index contributed by atoms with van der Waals surface area (Å²) in [5, 5.41) is 6.93. The Kier molecular flexibility index (Phi) is 9.82. The number of carbonyl (C=O) groups excluding carboxylic acids is 2. The van der Waals surface area contributed by atoms with Crippen LogP contribution in [0.25, 0.3) is 0 Å². The third kappa shape index (κ3) is 7.56. The first-order chi connectivity index (χ1) is 14.8. The van der Waals surface area contributed by atoms with Crippen LogP contribution in [-0.2, 0) is 9.59 Å². The Hall–Kier alpha value is -2.57. The molecule has 7 heteroatoms. The van der Waals surface area contributed by atoms with Gasteiger partial charge in [-0.3, -0.25) is 9.59 Å². The summed E-state index contributed by atoms with van der Waals surface area (Å²) >= 11 is 0. The van der Waals surface area contributed by atoms with Gasteiger partial charge in [-0.1, -0.05) is 44.2 Å². The van der Waals surface area contributed by atoms with E-state index in [0.29, 0.717) is 5.96 Å². The Balaban J connectivity index is 2.00. The lowest BCUT2D eigenvalue weighted by atomic mass is 9.98. The molecule has 0 spiro atoms. The van der Waals surface area contributed by atoms with Crippen LogP contribution in [0.3, 0.4) is 0 Å². The molecule has 1 saturated heterocycles. The predicted octanol–water partition coefficient (Wildman–Crippen LogP) is 2.80. The molecule has 0 radical (unpaired) electrons. The maximum absolute atomic E-state index is 12.7. The van der Waals surface area contributed by atoms with E-state index in [1.165, 1.54) is 0 Å². The first-order valence-corrected chi connectivity index (χ1v) is 11.5. The number of hydrogen-bond donors (Lipinski definition) is 2. The highest BCUT2D eigenvalue weighted by molar-refractivity contribution is 5.85. The lowest BCUT2D eigenvalue weighted by Crippen LogP contribution is -2.51. The van der Waals surface area contributed by atoms with Crippen LogP contribution in [0.1, 0.15) is 58.1 Å². The van der Waals surface area contributed by atoms with Gasteiger partial charge >= 0.3 is 0 Å². The van der Waals surface area contributed by atoms with Crippen molar-refractivity contribution < 1.29 is 9.59 Å². The number of hydrogen-bond acceptors (Lipinski definition) is 3. The first-order valence-electron chi connectivity index (χ1n) is 11.5. The number of nitrogens with zero attached hydrogens (tertiary/aromatic N) is 3. The second kappa shape index (κ2) is 12.3. The van der Waals surface area contributed by atoms with E-state index in [4.69, 9.17) is 0 Å². The van der Waals surface area contributed by atoms with Gasteiger partial charge in [0.2, 0.25) is 11.8 Å². The molecule has 172 valence electrons. The van der Waals surface area contributed by atoms with Crippen LogP contribution in [-0.4, -0.2) is 67.3 Å². The van der Waals surface area contributed by atoms with E-state index in [9.17, 15) is 9.59 Å². The molecule has 1 atom stereocenters. The van der Waals surface area contributed by atoms with E-state index in [0.717, 1.165) is 44.3 Å². The molecule has 2 N–H and O–H groups in total. The fraction of sp³-hybridized carbons (Fsp3) is 0.625. The topological polar surface area (TPSA) is 77.0 Å². The molecule has 0 aliphatic carbocycles. The molecule has 0 bridgehead atoms. The number of likely N-dealkylation sites (tertiary alicyclic amines) is 1. The Morgan fingerprint density at radius 2 is 1.74 bits per heavy atom. The van der Waals surface area contributed by atoms with Crippen molar-refractivity contribution in [1.82, 2.24) is 20.4 Å². The van der Waals surface area contributed by atoms with Crippen LogP contribution < -0.4 is 10.6 Å². The second-order valence-corrected chi connectivity index (χ2v) is 8.49. The van der Waals surface area contributed by atoms with Crippen molar-refractivity contribution in [2.45, 2.75) is 58.5 Å². The first kappa shape index (κ1) is 24.7. The number of rotatable bonds is 8. The van der Waals surface area contributed by atoms with Crippen molar-refractivity contribution in [3.05, 3.63) is 35.9 Å². The lowest BCUT2D eigenvalue weighted by Gasteiger charge is -2.35. The third-order valence-corrected chi connectivity index (χ3v) is 6.01. The van der Waals surface area contributed by atoms with Crippen LogP contribution >= 0.6 is 0 Å². The minimum Gasteiger partial charge on any atom is -0.354 e. The quantitative estimate of drug-likeness (QED) is 0.492. The molecular formula is C24H39N5O2. The predicted molar refractivity (Wildman–Crippen MR) is 126 cm³/mol. The smallest absolute Gasteiger partial charge is 0.243 e. The summed E-state index contributed by atoms with van der Waals surface area (Å²) in [6.07, 6.45) is 3.53. The Labute approximate surface area is 187 Å². The number of benzene rings is 1. The summed E-state index contributed by atoms with van der Waals surface area (Å²) in [5.74, 6) is 1.01.